The summed E-state index contributed by atoms with van der Waals surface area (Å²) in [6.07, 6.45) is 9.05. The van der Waals surface area contributed by atoms with Gasteiger partial charge in [-0.2, -0.15) is 0 Å². The number of urea groups is 1. The second-order valence-corrected chi connectivity index (χ2v) is 6.39. The molecule has 110 valence electrons. The van der Waals surface area contributed by atoms with E-state index >= 15 is 0 Å². The maximum atomic E-state index is 11.4. The molecular formula is C15H29N3O. The van der Waals surface area contributed by atoms with E-state index in [4.69, 9.17) is 5.73 Å². The van der Waals surface area contributed by atoms with E-state index in [0.717, 1.165) is 25.6 Å². The molecule has 2 rings (SSSR count). The molecular weight excluding hydrogens is 238 g/mol. The van der Waals surface area contributed by atoms with Crippen molar-refractivity contribution in [3.63, 3.8) is 0 Å². The van der Waals surface area contributed by atoms with Gasteiger partial charge in [-0.1, -0.05) is 26.2 Å². The van der Waals surface area contributed by atoms with Crippen molar-refractivity contribution >= 4 is 6.03 Å². The van der Waals surface area contributed by atoms with Crippen molar-refractivity contribution in [3.8, 4) is 0 Å². The number of hydrogen-bond acceptors (Lipinski definition) is 2. The van der Waals surface area contributed by atoms with E-state index in [0.29, 0.717) is 12.0 Å². The first kappa shape index (κ1) is 14.6. The average molecular weight is 267 g/mol. The topological polar surface area (TPSA) is 58.4 Å². The molecule has 0 bridgehead atoms. The van der Waals surface area contributed by atoms with Crippen LogP contribution in [0.2, 0.25) is 0 Å². The van der Waals surface area contributed by atoms with Crippen molar-refractivity contribution in [1.82, 2.24) is 10.2 Å². The molecule has 2 fully saturated rings. The summed E-state index contributed by atoms with van der Waals surface area (Å²) in [6.45, 7) is 5.00. The lowest BCUT2D eigenvalue weighted by molar-refractivity contribution is 0.143. The van der Waals surface area contributed by atoms with Crippen LogP contribution in [-0.2, 0) is 0 Å². The van der Waals surface area contributed by atoms with E-state index in [9.17, 15) is 4.79 Å². The van der Waals surface area contributed by atoms with Crippen LogP contribution in [0.25, 0.3) is 0 Å². The predicted octanol–water partition coefficient (Wildman–Crippen LogP) is 2.34. The van der Waals surface area contributed by atoms with Crippen LogP contribution < -0.4 is 11.1 Å². The second kappa shape index (κ2) is 7.13. The van der Waals surface area contributed by atoms with Gasteiger partial charge in [0.2, 0.25) is 0 Å². The molecule has 4 nitrogen and oxygen atoms in total. The van der Waals surface area contributed by atoms with Crippen molar-refractivity contribution in [2.24, 2.45) is 17.6 Å². The van der Waals surface area contributed by atoms with Gasteiger partial charge in [0.15, 0.2) is 0 Å². The Hall–Kier alpha value is -0.770. The Morgan fingerprint density at radius 2 is 2.11 bits per heavy atom. The molecule has 0 aromatic rings. The number of likely N-dealkylation sites (tertiary alicyclic amines) is 1. The standard InChI is InChI=1S/C15H29N3O/c1-2-3-5-13-8-14(11-18(10-13)15(16)19)17-9-12-6-4-7-12/h12-14,17H,2-11H2,1H3,(H2,16,19). The maximum Gasteiger partial charge on any atom is 0.314 e. The average Bonchev–Trinajstić information content (AvgIpc) is 2.34. The highest BCUT2D eigenvalue weighted by atomic mass is 16.2. The zero-order chi connectivity index (χ0) is 13.7. The minimum atomic E-state index is -0.253. The van der Waals surface area contributed by atoms with Gasteiger partial charge < -0.3 is 16.0 Å². The lowest BCUT2D eigenvalue weighted by Gasteiger charge is -2.38. The van der Waals surface area contributed by atoms with Gasteiger partial charge in [0.1, 0.15) is 0 Å². The van der Waals surface area contributed by atoms with E-state index in [1.165, 1.54) is 44.9 Å². The number of rotatable bonds is 6. The van der Waals surface area contributed by atoms with Crippen molar-refractivity contribution in [2.75, 3.05) is 19.6 Å². The minimum absolute atomic E-state index is 0.253. The maximum absolute atomic E-state index is 11.4. The third-order valence-electron chi connectivity index (χ3n) is 4.73. The molecule has 1 aliphatic heterocycles. The smallest absolute Gasteiger partial charge is 0.314 e. The molecule has 2 amide bonds. The summed E-state index contributed by atoms with van der Waals surface area (Å²) in [5, 5.41) is 3.67. The van der Waals surface area contributed by atoms with Gasteiger partial charge in [0.25, 0.3) is 0 Å². The number of piperidine rings is 1. The van der Waals surface area contributed by atoms with Gasteiger partial charge in [-0.3, -0.25) is 0 Å². The molecule has 4 heteroatoms. The van der Waals surface area contributed by atoms with Crippen molar-refractivity contribution in [1.29, 1.82) is 0 Å². The Balaban J connectivity index is 1.80. The van der Waals surface area contributed by atoms with Crippen molar-refractivity contribution < 1.29 is 4.79 Å². The number of unbranched alkanes of at least 4 members (excludes halogenated alkanes) is 1. The SMILES string of the molecule is CCCCC1CC(NCC2CCC2)CN(C(N)=O)C1. The predicted molar refractivity (Wildman–Crippen MR) is 77.9 cm³/mol. The fraction of sp³-hybridized carbons (Fsp3) is 0.933. The highest BCUT2D eigenvalue weighted by Crippen LogP contribution is 2.26. The molecule has 0 radical (unpaired) electrons. The largest absolute Gasteiger partial charge is 0.351 e. The lowest BCUT2D eigenvalue weighted by atomic mass is 9.84. The van der Waals surface area contributed by atoms with Crippen molar-refractivity contribution in [3.05, 3.63) is 0 Å². The first-order chi connectivity index (χ1) is 9.19. The summed E-state index contributed by atoms with van der Waals surface area (Å²) in [5.74, 6) is 1.50. The highest BCUT2D eigenvalue weighted by Gasteiger charge is 2.29. The number of nitrogens with one attached hydrogen (secondary N) is 1. The second-order valence-electron chi connectivity index (χ2n) is 6.39. The Kier molecular flexibility index (Phi) is 5.49. The fourth-order valence-corrected chi connectivity index (χ4v) is 3.26. The third kappa shape index (κ3) is 4.37. The Morgan fingerprint density at radius 3 is 2.68 bits per heavy atom. The summed E-state index contributed by atoms with van der Waals surface area (Å²) in [4.78, 5) is 13.3. The molecule has 0 aromatic heterocycles. The fourth-order valence-electron chi connectivity index (χ4n) is 3.26. The Labute approximate surface area is 117 Å². The number of nitrogens with two attached hydrogens (primary N) is 1. The monoisotopic (exact) mass is 267 g/mol. The molecule has 2 atom stereocenters. The molecule has 1 aliphatic carbocycles. The summed E-state index contributed by atoms with van der Waals surface area (Å²) < 4.78 is 0. The molecule has 2 aliphatic rings. The molecule has 0 aromatic carbocycles. The van der Waals surface area contributed by atoms with Crippen LogP contribution in [0.3, 0.4) is 0 Å². The minimum Gasteiger partial charge on any atom is -0.351 e. The number of amides is 2. The first-order valence-corrected chi connectivity index (χ1v) is 7.96. The van der Waals surface area contributed by atoms with Crippen LogP contribution in [0.1, 0.15) is 51.9 Å². The Bertz CT molecular complexity index is 291. The number of carbonyl (C=O) groups excluding carboxylic acids is 1. The molecule has 3 N–H and O–H groups in total. The van der Waals surface area contributed by atoms with E-state index < -0.39 is 0 Å². The van der Waals surface area contributed by atoms with Gasteiger partial charge in [-0.05, 0) is 44.1 Å². The third-order valence-corrected chi connectivity index (χ3v) is 4.73. The summed E-state index contributed by atoms with van der Waals surface area (Å²) in [7, 11) is 0. The molecule has 0 spiro atoms. The summed E-state index contributed by atoms with van der Waals surface area (Å²) in [5.41, 5.74) is 5.47. The van der Waals surface area contributed by atoms with E-state index in [-0.39, 0.29) is 6.03 Å². The lowest BCUT2D eigenvalue weighted by Crippen LogP contribution is -2.53. The van der Waals surface area contributed by atoms with Gasteiger partial charge in [0, 0.05) is 19.1 Å². The molecule has 1 heterocycles. The number of primary amides is 1. The molecule has 1 saturated carbocycles. The number of carbonyl (C=O) groups is 1. The normalized spacial score (nSPS) is 28.2. The molecule has 1 saturated heterocycles. The van der Waals surface area contributed by atoms with Crippen LogP contribution in [0.5, 0.6) is 0 Å². The van der Waals surface area contributed by atoms with E-state index in [1.54, 1.807) is 0 Å². The van der Waals surface area contributed by atoms with Gasteiger partial charge >= 0.3 is 6.03 Å². The van der Waals surface area contributed by atoms with Gasteiger partial charge in [-0.15, -0.1) is 0 Å². The van der Waals surface area contributed by atoms with Gasteiger partial charge in [0.05, 0.1) is 0 Å². The zero-order valence-electron chi connectivity index (χ0n) is 12.2. The number of hydrogen-bond donors (Lipinski definition) is 2. The van der Waals surface area contributed by atoms with Crippen molar-refractivity contribution in [2.45, 2.75) is 57.9 Å². The molecule has 19 heavy (non-hydrogen) atoms. The van der Waals surface area contributed by atoms with Crippen LogP contribution in [0, 0.1) is 11.8 Å². The highest BCUT2D eigenvalue weighted by molar-refractivity contribution is 5.72. The van der Waals surface area contributed by atoms with E-state index in [1.807, 2.05) is 4.90 Å². The van der Waals surface area contributed by atoms with Gasteiger partial charge in [-0.25, -0.2) is 4.79 Å². The zero-order valence-corrected chi connectivity index (χ0v) is 12.2. The quantitative estimate of drug-likeness (QED) is 0.776. The van der Waals surface area contributed by atoms with Crippen LogP contribution in [-0.4, -0.2) is 36.6 Å². The summed E-state index contributed by atoms with van der Waals surface area (Å²) >= 11 is 0. The van der Waals surface area contributed by atoms with Crippen LogP contribution >= 0.6 is 0 Å². The summed E-state index contributed by atoms with van der Waals surface area (Å²) in [6, 6.07) is 0.195. The first-order valence-electron chi connectivity index (χ1n) is 7.96. The number of nitrogens with zero attached hydrogens (tertiary/aromatic N) is 1. The Morgan fingerprint density at radius 1 is 1.32 bits per heavy atom. The van der Waals surface area contributed by atoms with Crippen LogP contribution in [0.15, 0.2) is 0 Å². The van der Waals surface area contributed by atoms with E-state index in [2.05, 4.69) is 12.2 Å². The molecule has 2 unspecified atom stereocenters. The van der Waals surface area contributed by atoms with Crippen LogP contribution in [0.4, 0.5) is 4.79 Å².